The molecule has 2 aliphatic heterocycles. The molecule has 0 atom stereocenters. The normalized spacial score (nSPS) is 15.8. The van der Waals surface area contributed by atoms with Crippen LogP contribution in [0.25, 0.3) is 127 Å². The first-order chi connectivity index (χ1) is 66.7. The molecule has 590 valence electrons. The van der Waals surface area contributed by atoms with E-state index in [0.717, 1.165) is 134 Å². The zero-order chi connectivity index (χ0) is 96.4. The number of hydrogen-bond acceptors (Lipinski definition) is 3. The van der Waals surface area contributed by atoms with Crippen molar-refractivity contribution in [2.45, 2.75) is 89.4 Å². The summed E-state index contributed by atoms with van der Waals surface area (Å²) in [6.45, 7) is 27.5. The van der Waals surface area contributed by atoms with E-state index < -0.39 is 130 Å². The maximum atomic E-state index is 10.8. The number of rotatable bonds is 6. The lowest BCUT2D eigenvalue weighted by molar-refractivity contribution is 0.590. The highest BCUT2D eigenvalue weighted by Gasteiger charge is 2.54. The van der Waals surface area contributed by atoms with Crippen molar-refractivity contribution < 1.29 is 19.2 Å². The van der Waals surface area contributed by atoms with Gasteiger partial charge in [-0.25, -0.2) is 4.85 Å². The highest BCUT2D eigenvalue weighted by molar-refractivity contribution is 7.00. The second kappa shape index (κ2) is 25.8. The van der Waals surface area contributed by atoms with Crippen LogP contribution in [0.4, 0.5) is 39.8 Å². The Balaban J connectivity index is 0.834. The van der Waals surface area contributed by atoms with Gasteiger partial charge in [0.15, 0.2) is 5.69 Å². The summed E-state index contributed by atoms with van der Waals surface area (Å²) in [6.07, 6.45) is 0. The summed E-state index contributed by atoms with van der Waals surface area (Å²) in [4.78, 5) is 8.34. The van der Waals surface area contributed by atoms with E-state index in [2.05, 4.69) is 307 Å². The minimum atomic E-state index is -0.793. The molecule has 7 heteroatoms. The molecule has 17 aromatic carbocycles. The molecule has 0 fully saturated rings. The van der Waals surface area contributed by atoms with Crippen LogP contribution < -0.4 is 26.2 Å². The van der Waals surface area contributed by atoms with Crippen molar-refractivity contribution in [1.82, 2.24) is 9.13 Å². The third kappa shape index (κ3) is 9.90. The van der Waals surface area contributed by atoms with Crippen molar-refractivity contribution in [2.24, 2.45) is 0 Å². The van der Waals surface area contributed by atoms with Crippen LogP contribution in [0.5, 0.6) is 0 Å². The van der Waals surface area contributed by atoms with Gasteiger partial charge < -0.3 is 18.9 Å². The van der Waals surface area contributed by atoms with E-state index in [4.69, 9.17) is 6.57 Å². The number of nitriles is 1. The van der Waals surface area contributed by atoms with E-state index in [1.165, 1.54) is 33.4 Å². The Kier molecular flexibility index (Phi) is 12.3. The molecular formula is C118H85BN6. The van der Waals surface area contributed by atoms with Gasteiger partial charge in [0.1, 0.15) is 0 Å². The molecule has 0 radical (unpaired) electrons. The first-order valence-corrected chi connectivity index (χ1v) is 42.8. The Hall–Kier alpha value is -15.0. The fraction of sp³-hybridized carbons (Fsp3) is 0.119. The standard InChI is InChI=1S/C118H85BN6/c1-114(2,3)73-46-56-105(89(62-73)71-44-51-85-83-31-15-23-39-97(83)117(99(85)60-71)93-35-19-11-27-79(93)80-28-12-20-36-94(80)117)124-109-67-77(122-103-41-25-17-33-87(103)91-59-70(69-120)43-55-107(91)122)49-53-101(109)119-102-54-50-78(123-104-42-26-18-34-88(104)92-66-76(121-10)48-58-108(92)123)68-110(102)125(112-65-75(116(7,8)9)64-111(124)113(112)119)106-57-47-74(115(4,5)6)63-90(106)72-45-52-86-84-32-16-24-40-98(84)118(100(86)61-72)95-37-21-13-29-81(95)82-30-14-22-38-96(82)118/h11-68H,1-9H3/i17D,18D,25D,26D,33D,34D,41D,42D,43D,48D,55D,58D,59D,66D. The zero-order valence-electron chi connectivity index (χ0n) is 84.2. The lowest BCUT2D eigenvalue weighted by Crippen LogP contribution is -2.61. The van der Waals surface area contributed by atoms with Crippen molar-refractivity contribution in [3.05, 3.63) is 430 Å². The molecule has 6 aliphatic rings. The summed E-state index contributed by atoms with van der Waals surface area (Å²) in [5.74, 6) is 0. The number of anilines is 6. The van der Waals surface area contributed by atoms with Gasteiger partial charge in [-0.15, -0.1) is 0 Å². The molecule has 4 heterocycles. The molecule has 6 nitrogen and oxygen atoms in total. The van der Waals surface area contributed by atoms with Gasteiger partial charge in [-0.3, -0.25) is 0 Å². The van der Waals surface area contributed by atoms with Crippen LogP contribution in [0, 0.1) is 17.9 Å². The van der Waals surface area contributed by atoms with Gasteiger partial charge in [0, 0.05) is 64.2 Å². The lowest BCUT2D eigenvalue weighted by Gasteiger charge is -2.46. The fourth-order valence-corrected chi connectivity index (χ4v) is 22.2. The van der Waals surface area contributed by atoms with Crippen LogP contribution in [0.2, 0.25) is 0 Å². The molecule has 4 aliphatic carbocycles. The Labute approximate surface area is 749 Å². The topological polar surface area (TPSA) is 44.5 Å². The number of benzene rings is 17. The van der Waals surface area contributed by atoms with Crippen molar-refractivity contribution in [2.75, 3.05) is 9.80 Å². The Morgan fingerprint density at radius 1 is 0.328 bits per heavy atom. The van der Waals surface area contributed by atoms with Gasteiger partial charge in [0.05, 0.1) is 78.9 Å². The molecule has 0 N–H and O–H groups in total. The van der Waals surface area contributed by atoms with Crippen molar-refractivity contribution in [3.63, 3.8) is 0 Å². The number of fused-ring (bicyclic) bond motifs is 30. The molecule has 0 saturated carbocycles. The molecule has 125 heavy (non-hydrogen) atoms. The predicted octanol–water partition coefficient (Wildman–Crippen LogP) is 28.3. The van der Waals surface area contributed by atoms with Crippen LogP contribution in [0.15, 0.2) is 352 Å². The molecular weight excluding hydrogens is 1510 g/mol. The molecule has 2 spiro atoms. The SMILES string of the molecule is [2H]c1c([2H])c([2H])c2c(c1[2H])c1c([2H])c(C#N)c([2H])c([2H])c1n2-c1ccc2c(c1)N(c1ccc(C(C)(C)C)cc1-c1ccc3c(c1)C1(c4ccccc4-c4ccccc41)c1ccccc1-3)c1cc(C(C)(C)C)cc3c1B2c1ccc(-n2c4c([2H])c([2H])c([2H])c([2H])c4c4c([2H])c([N+]#[C-])c([2H])c([2H])c42)cc1N3c1ccc(C(C)(C)C)cc1-c1ccc2c(c1)C1(c3ccccc3-c3ccccc31)c1ccccc1-2. The van der Waals surface area contributed by atoms with Crippen molar-refractivity contribution >= 4 is 107 Å². The summed E-state index contributed by atoms with van der Waals surface area (Å²) in [5.41, 5.74) is 27.8. The third-order valence-electron chi connectivity index (χ3n) is 27.8. The first-order valence-electron chi connectivity index (χ1n) is 49.8. The van der Waals surface area contributed by atoms with E-state index in [1.807, 2.05) is 42.5 Å². The van der Waals surface area contributed by atoms with Crippen LogP contribution >= 0.6 is 0 Å². The minimum absolute atomic E-state index is 0.0620. The van der Waals surface area contributed by atoms with Crippen LogP contribution in [0.1, 0.15) is 148 Å². The van der Waals surface area contributed by atoms with Crippen LogP contribution in [0.3, 0.4) is 0 Å². The van der Waals surface area contributed by atoms with Gasteiger partial charge in [-0.2, -0.15) is 5.26 Å². The van der Waals surface area contributed by atoms with Crippen LogP contribution in [-0.2, 0) is 27.1 Å². The van der Waals surface area contributed by atoms with E-state index in [0.29, 0.717) is 22.7 Å². The Morgan fingerprint density at radius 2 is 0.696 bits per heavy atom. The maximum Gasteiger partial charge on any atom is 0.252 e. The maximum absolute atomic E-state index is 10.8. The Bertz CT molecular complexity index is 8410. The average molecular weight is 1610 g/mol. The number of hydrogen-bond donors (Lipinski definition) is 0. The summed E-state index contributed by atoms with van der Waals surface area (Å²) in [5, 5.41) is 10.5. The van der Waals surface area contributed by atoms with Gasteiger partial charge in [0.2, 0.25) is 0 Å². The molecule has 0 unspecified atom stereocenters. The zero-order valence-corrected chi connectivity index (χ0v) is 70.2. The van der Waals surface area contributed by atoms with Gasteiger partial charge in [0.25, 0.3) is 6.71 Å². The highest BCUT2D eigenvalue weighted by Crippen LogP contribution is 2.66. The van der Waals surface area contributed by atoms with E-state index >= 15 is 0 Å². The second-order valence-electron chi connectivity index (χ2n) is 37.3. The van der Waals surface area contributed by atoms with Crippen molar-refractivity contribution in [1.29, 1.82) is 5.26 Å². The Morgan fingerprint density at radius 3 is 1.09 bits per heavy atom. The molecule has 0 bridgehead atoms. The van der Waals surface area contributed by atoms with E-state index in [-0.39, 0.29) is 43.6 Å². The van der Waals surface area contributed by atoms with E-state index in [9.17, 15) is 24.5 Å². The van der Waals surface area contributed by atoms with Gasteiger partial charge in [-0.1, -0.05) is 299 Å². The second-order valence-corrected chi connectivity index (χ2v) is 37.3. The lowest BCUT2D eigenvalue weighted by atomic mass is 9.33. The first kappa shape index (κ1) is 59.7. The molecule has 0 amide bonds. The summed E-state index contributed by atoms with van der Waals surface area (Å²) in [6, 6.07) is 91.3. The quantitative estimate of drug-likeness (QED) is 0.123. The minimum Gasteiger partial charge on any atom is -0.311 e. The van der Waals surface area contributed by atoms with Gasteiger partial charge >= 0.3 is 0 Å². The van der Waals surface area contributed by atoms with Gasteiger partial charge in [-0.05, 0) is 270 Å². The smallest absolute Gasteiger partial charge is 0.252 e. The molecule has 19 aromatic rings. The van der Waals surface area contributed by atoms with Crippen LogP contribution in [-0.4, -0.2) is 15.8 Å². The monoisotopic (exact) mass is 1610 g/mol. The largest absolute Gasteiger partial charge is 0.311 e. The summed E-state index contributed by atoms with van der Waals surface area (Å²) < 4.78 is 139. The number of nitrogens with zero attached hydrogens (tertiary/aromatic N) is 6. The van der Waals surface area contributed by atoms with E-state index in [1.54, 1.807) is 9.13 Å². The third-order valence-corrected chi connectivity index (χ3v) is 27.8. The fourth-order valence-electron chi connectivity index (χ4n) is 22.2. The number of para-hydroxylation sites is 2. The predicted molar refractivity (Wildman–Crippen MR) is 520 cm³/mol. The molecule has 2 aromatic heterocycles. The average Bonchev–Trinajstić information content (AvgIpc) is 1.56. The molecule has 25 rings (SSSR count). The summed E-state index contributed by atoms with van der Waals surface area (Å²) >= 11 is 0. The summed E-state index contributed by atoms with van der Waals surface area (Å²) in [7, 11) is 0. The highest BCUT2D eigenvalue weighted by atomic mass is 15.2. The van der Waals surface area contributed by atoms with Crippen molar-refractivity contribution in [3.8, 4) is 84.2 Å². The molecule has 0 saturated heterocycles. The number of aromatic nitrogens is 2.